The summed E-state index contributed by atoms with van der Waals surface area (Å²) < 4.78 is 15.9. The van der Waals surface area contributed by atoms with Gasteiger partial charge in [0.1, 0.15) is 11.6 Å². The molecule has 1 fully saturated rings. The van der Waals surface area contributed by atoms with Crippen molar-refractivity contribution in [3.8, 4) is 0 Å². The second-order valence-electron chi connectivity index (χ2n) is 6.02. The Morgan fingerprint density at radius 2 is 2.00 bits per heavy atom. The zero-order valence-corrected chi connectivity index (χ0v) is 15.4. The van der Waals surface area contributed by atoms with Crippen LogP contribution in [0.2, 0.25) is 10.0 Å². The molecule has 25 heavy (non-hydrogen) atoms. The van der Waals surface area contributed by atoms with E-state index in [1.807, 2.05) is 24.9 Å². The molecule has 0 bridgehead atoms. The van der Waals surface area contributed by atoms with Gasteiger partial charge in [0.15, 0.2) is 0 Å². The number of urea groups is 1. The fourth-order valence-corrected chi connectivity index (χ4v) is 3.16. The Balaban J connectivity index is 1.74. The van der Waals surface area contributed by atoms with Gasteiger partial charge in [-0.1, -0.05) is 23.2 Å². The Hall–Kier alpha value is -1.83. The van der Waals surface area contributed by atoms with Crippen molar-refractivity contribution < 1.29 is 9.18 Å². The molecule has 1 saturated heterocycles. The van der Waals surface area contributed by atoms with Crippen LogP contribution in [0.4, 0.5) is 14.9 Å². The fraction of sp³-hybridized carbons (Fsp3) is 0.375. The standard InChI is InChI=1S/C16H18Cl2FN5O/c1-22-5-6-24(9-14(22)15-20-3-4-23(15)2)16(25)21-13-8-11(18)10(17)7-12(13)19/h3-4,7-8,14H,5-6,9H2,1-2H3,(H,21,25). The summed E-state index contributed by atoms with van der Waals surface area (Å²) in [5.74, 6) is 0.248. The Morgan fingerprint density at radius 1 is 1.28 bits per heavy atom. The maximum atomic E-state index is 14.0. The second kappa shape index (κ2) is 7.19. The van der Waals surface area contributed by atoms with E-state index in [4.69, 9.17) is 23.2 Å². The highest BCUT2D eigenvalue weighted by Crippen LogP contribution is 2.29. The van der Waals surface area contributed by atoms with Crippen molar-refractivity contribution in [2.24, 2.45) is 7.05 Å². The molecule has 2 aromatic rings. The summed E-state index contributed by atoms with van der Waals surface area (Å²) in [7, 11) is 3.91. The van der Waals surface area contributed by atoms with E-state index in [0.29, 0.717) is 19.6 Å². The number of imidazole rings is 1. The van der Waals surface area contributed by atoms with Crippen LogP contribution in [0.1, 0.15) is 11.9 Å². The SMILES string of the molecule is CN1CCN(C(=O)Nc2cc(Cl)c(Cl)cc2F)CC1c1nccn1C. The summed E-state index contributed by atoms with van der Waals surface area (Å²) in [6.07, 6.45) is 3.60. The summed E-state index contributed by atoms with van der Waals surface area (Å²) in [6.45, 7) is 1.68. The minimum absolute atomic E-state index is 0.00636. The summed E-state index contributed by atoms with van der Waals surface area (Å²) in [5, 5.41) is 2.85. The van der Waals surface area contributed by atoms with Crippen molar-refractivity contribution in [1.82, 2.24) is 19.4 Å². The van der Waals surface area contributed by atoms with Crippen LogP contribution >= 0.6 is 23.2 Å². The van der Waals surface area contributed by atoms with E-state index >= 15 is 0 Å². The lowest BCUT2D eigenvalue weighted by atomic mass is 10.1. The first kappa shape index (κ1) is 18.0. The Kier molecular flexibility index (Phi) is 5.17. The number of hydrogen-bond donors (Lipinski definition) is 1. The van der Waals surface area contributed by atoms with Crippen molar-refractivity contribution in [3.05, 3.63) is 46.2 Å². The molecule has 1 atom stereocenters. The summed E-state index contributed by atoms with van der Waals surface area (Å²) in [6, 6.07) is 1.98. The highest BCUT2D eigenvalue weighted by Gasteiger charge is 2.31. The van der Waals surface area contributed by atoms with Crippen LogP contribution in [0.5, 0.6) is 0 Å². The molecule has 0 saturated carbocycles. The Labute approximate surface area is 155 Å². The third-order valence-electron chi connectivity index (χ3n) is 4.34. The molecule has 0 radical (unpaired) electrons. The van der Waals surface area contributed by atoms with E-state index in [1.165, 1.54) is 6.07 Å². The van der Waals surface area contributed by atoms with Crippen molar-refractivity contribution in [2.45, 2.75) is 6.04 Å². The van der Waals surface area contributed by atoms with Crippen LogP contribution in [0, 0.1) is 5.82 Å². The largest absolute Gasteiger partial charge is 0.337 e. The molecule has 1 aromatic carbocycles. The van der Waals surface area contributed by atoms with E-state index < -0.39 is 5.82 Å². The number of hydrogen-bond acceptors (Lipinski definition) is 3. The molecule has 9 heteroatoms. The minimum Gasteiger partial charge on any atom is -0.337 e. The molecule has 3 rings (SSSR count). The van der Waals surface area contributed by atoms with E-state index in [9.17, 15) is 9.18 Å². The molecular weight excluding hydrogens is 368 g/mol. The molecule has 0 aliphatic carbocycles. The smallest absolute Gasteiger partial charge is 0.322 e. The van der Waals surface area contributed by atoms with Crippen molar-refractivity contribution in [1.29, 1.82) is 0 Å². The molecule has 1 N–H and O–H groups in total. The third-order valence-corrected chi connectivity index (χ3v) is 5.07. The van der Waals surface area contributed by atoms with Crippen LogP contribution in [-0.2, 0) is 7.05 Å². The molecular formula is C16H18Cl2FN5O. The first-order valence-electron chi connectivity index (χ1n) is 7.74. The number of halogens is 3. The van der Waals surface area contributed by atoms with E-state index in [1.54, 1.807) is 11.1 Å². The normalized spacial score (nSPS) is 18.4. The van der Waals surface area contributed by atoms with Crippen LogP contribution in [-0.4, -0.2) is 52.1 Å². The number of piperazine rings is 1. The lowest BCUT2D eigenvalue weighted by Crippen LogP contribution is -2.50. The molecule has 1 unspecified atom stereocenters. The van der Waals surface area contributed by atoms with E-state index in [-0.39, 0.29) is 27.8 Å². The summed E-state index contributed by atoms with van der Waals surface area (Å²) >= 11 is 11.7. The maximum absolute atomic E-state index is 14.0. The number of likely N-dealkylation sites (N-methyl/N-ethyl adjacent to an activating group) is 1. The number of anilines is 1. The number of aromatic nitrogens is 2. The monoisotopic (exact) mass is 385 g/mol. The molecule has 1 aliphatic heterocycles. The molecule has 1 aromatic heterocycles. The van der Waals surface area contributed by atoms with Gasteiger partial charge in [-0.15, -0.1) is 0 Å². The topological polar surface area (TPSA) is 53.4 Å². The fourth-order valence-electron chi connectivity index (χ4n) is 2.85. The van der Waals surface area contributed by atoms with E-state index in [2.05, 4.69) is 15.2 Å². The second-order valence-corrected chi connectivity index (χ2v) is 6.83. The number of nitrogens with zero attached hydrogens (tertiary/aromatic N) is 4. The predicted molar refractivity (Wildman–Crippen MR) is 95.6 cm³/mol. The van der Waals surface area contributed by atoms with Gasteiger partial charge < -0.3 is 14.8 Å². The van der Waals surface area contributed by atoms with Gasteiger partial charge in [0.05, 0.1) is 21.8 Å². The van der Waals surface area contributed by atoms with Crippen molar-refractivity contribution in [2.75, 3.05) is 32.0 Å². The zero-order valence-electron chi connectivity index (χ0n) is 13.8. The number of benzene rings is 1. The number of nitrogens with one attached hydrogen (secondary N) is 1. The summed E-state index contributed by atoms with van der Waals surface area (Å²) in [4.78, 5) is 20.7. The van der Waals surface area contributed by atoms with Gasteiger partial charge in [-0.25, -0.2) is 14.2 Å². The van der Waals surface area contributed by atoms with Crippen LogP contribution in [0.3, 0.4) is 0 Å². The molecule has 2 heterocycles. The molecule has 134 valence electrons. The predicted octanol–water partition coefficient (Wildman–Crippen LogP) is 3.39. The molecule has 0 spiro atoms. The highest BCUT2D eigenvalue weighted by atomic mass is 35.5. The van der Waals surface area contributed by atoms with Crippen molar-refractivity contribution >= 4 is 34.9 Å². The quantitative estimate of drug-likeness (QED) is 0.806. The van der Waals surface area contributed by atoms with Gasteiger partial charge in [-0.2, -0.15) is 0 Å². The zero-order chi connectivity index (χ0) is 18.1. The first-order valence-corrected chi connectivity index (χ1v) is 8.50. The van der Waals surface area contributed by atoms with Gasteiger partial charge >= 0.3 is 6.03 Å². The van der Waals surface area contributed by atoms with Crippen LogP contribution in [0.15, 0.2) is 24.5 Å². The van der Waals surface area contributed by atoms with Gasteiger partial charge in [-0.3, -0.25) is 4.90 Å². The number of rotatable bonds is 2. The van der Waals surface area contributed by atoms with Crippen LogP contribution in [0.25, 0.3) is 0 Å². The lowest BCUT2D eigenvalue weighted by Gasteiger charge is -2.38. The van der Waals surface area contributed by atoms with Gasteiger partial charge in [-0.05, 0) is 19.2 Å². The number of aryl methyl sites for hydroxylation is 1. The maximum Gasteiger partial charge on any atom is 0.322 e. The number of carbonyl (C=O) groups excluding carboxylic acids is 1. The average molecular weight is 386 g/mol. The highest BCUT2D eigenvalue weighted by molar-refractivity contribution is 6.42. The molecule has 6 nitrogen and oxygen atoms in total. The van der Waals surface area contributed by atoms with Gasteiger partial charge in [0.2, 0.25) is 0 Å². The third kappa shape index (κ3) is 3.73. The Morgan fingerprint density at radius 3 is 2.68 bits per heavy atom. The van der Waals surface area contributed by atoms with Gasteiger partial charge in [0.25, 0.3) is 0 Å². The first-order chi connectivity index (χ1) is 11.9. The minimum atomic E-state index is -0.627. The average Bonchev–Trinajstić information content (AvgIpc) is 2.99. The van der Waals surface area contributed by atoms with Crippen LogP contribution < -0.4 is 5.32 Å². The Bertz CT molecular complexity index is 797. The van der Waals surface area contributed by atoms with Crippen molar-refractivity contribution in [3.63, 3.8) is 0 Å². The van der Waals surface area contributed by atoms with Gasteiger partial charge in [0, 0.05) is 39.1 Å². The number of amides is 2. The lowest BCUT2D eigenvalue weighted by molar-refractivity contribution is 0.110. The number of carbonyl (C=O) groups is 1. The summed E-state index contributed by atoms with van der Waals surface area (Å²) in [5.41, 5.74) is 0.00636. The molecule has 1 aliphatic rings. The molecule has 2 amide bonds. The van der Waals surface area contributed by atoms with E-state index in [0.717, 1.165) is 11.9 Å².